The maximum absolute atomic E-state index is 13.4. The van der Waals surface area contributed by atoms with Gasteiger partial charge in [0.2, 0.25) is 0 Å². The van der Waals surface area contributed by atoms with Gasteiger partial charge in [0.15, 0.2) is 0 Å². The van der Waals surface area contributed by atoms with Gasteiger partial charge in [-0.25, -0.2) is 4.79 Å². The normalized spacial score (nSPS) is 28.2. The van der Waals surface area contributed by atoms with E-state index in [0.29, 0.717) is 32.7 Å². The van der Waals surface area contributed by atoms with Gasteiger partial charge < -0.3 is 15.0 Å². The molecule has 2 unspecified atom stereocenters. The Hall–Kier alpha value is -1.93. The Morgan fingerprint density at radius 2 is 2.10 bits per heavy atom. The van der Waals surface area contributed by atoms with Crippen LogP contribution in [0.4, 0.5) is 4.79 Å². The average Bonchev–Trinajstić information content (AvgIpc) is 3.48. The minimum Gasteiger partial charge on any atom is -0.376 e. The molecule has 0 bridgehead atoms. The molecule has 0 aromatic carbocycles. The number of nitrogens with one attached hydrogen (secondary N) is 1. The van der Waals surface area contributed by atoms with Gasteiger partial charge in [-0.15, -0.1) is 11.3 Å². The first-order chi connectivity index (χ1) is 14.0. The van der Waals surface area contributed by atoms with Crippen LogP contribution in [0.3, 0.4) is 0 Å². The first kappa shape index (κ1) is 20.3. The highest BCUT2D eigenvalue weighted by molar-refractivity contribution is 7.12. The fraction of sp³-hybridized carbons (Fsp3) is 0.667. The summed E-state index contributed by atoms with van der Waals surface area (Å²) in [5, 5.41) is 4.97. The van der Waals surface area contributed by atoms with Gasteiger partial charge in [0.1, 0.15) is 5.54 Å². The monoisotopic (exact) mass is 419 g/mol. The Labute approximate surface area is 175 Å². The van der Waals surface area contributed by atoms with Gasteiger partial charge in [0.25, 0.3) is 11.8 Å². The van der Waals surface area contributed by atoms with E-state index in [-0.39, 0.29) is 29.9 Å². The Morgan fingerprint density at radius 3 is 2.72 bits per heavy atom. The molecule has 4 rings (SSSR count). The van der Waals surface area contributed by atoms with Crippen molar-refractivity contribution in [2.24, 2.45) is 5.92 Å². The first-order valence-corrected chi connectivity index (χ1v) is 11.5. The van der Waals surface area contributed by atoms with Crippen molar-refractivity contribution in [3.8, 4) is 0 Å². The maximum atomic E-state index is 13.4. The number of nitrogens with zero attached hydrogens (tertiary/aromatic N) is 2. The number of carbonyl (C=O) groups is 3. The number of imide groups is 1. The highest BCUT2D eigenvalue weighted by Gasteiger charge is 2.55. The molecular formula is C21H29N3O4S. The van der Waals surface area contributed by atoms with Crippen LogP contribution in [-0.4, -0.2) is 65.5 Å². The molecule has 3 fully saturated rings. The summed E-state index contributed by atoms with van der Waals surface area (Å²) < 4.78 is 5.64. The van der Waals surface area contributed by atoms with Crippen molar-refractivity contribution in [1.29, 1.82) is 0 Å². The van der Waals surface area contributed by atoms with E-state index in [2.05, 4.69) is 5.32 Å². The SMILES string of the molecule is CCCC1(C2CCN(C(=O)c3cccs3)CC2)NC(=O)N(CC2CCCO2)C1=O. The van der Waals surface area contributed by atoms with Gasteiger partial charge in [0, 0.05) is 19.7 Å². The van der Waals surface area contributed by atoms with Crippen LogP contribution in [0, 0.1) is 5.92 Å². The Morgan fingerprint density at radius 1 is 1.31 bits per heavy atom. The van der Waals surface area contributed by atoms with Crippen molar-refractivity contribution in [3.05, 3.63) is 22.4 Å². The summed E-state index contributed by atoms with van der Waals surface area (Å²) in [5.74, 6) is -0.00607. The lowest BCUT2D eigenvalue weighted by Crippen LogP contribution is -2.56. The molecule has 158 valence electrons. The van der Waals surface area contributed by atoms with E-state index < -0.39 is 5.54 Å². The van der Waals surface area contributed by atoms with E-state index in [1.165, 1.54) is 16.2 Å². The van der Waals surface area contributed by atoms with Gasteiger partial charge in [-0.3, -0.25) is 14.5 Å². The van der Waals surface area contributed by atoms with Crippen LogP contribution in [0.2, 0.25) is 0 Å². The number of hydrogen-bond donors (Lipinski definition) is 1. The number of thiophene rings is 1. The van der Waals surface area contributed by atoms with Crippen molar-refractivity contribution < 1.29 is 19.1 Å². The van der Waals surface area contributed by atoms with Gasteiger partial charge in [0.05, 0.1) is 17.5 Å². The second kappa shape index (κ2) is 8.44. The van der Waals surface area contributed by atoms with Gasteiger partial charge in [-0.2, -0.15) is 0 Å². The van der Waals surface area contributed by atoms with E-state index in [4.69, 9.17) is 4.74 Å². The number of ether oxygens (including phenoxy) is 1. The number of amides is 4. The second-order valence-corrected chi connectivity index (χ2v) is 9.19. The fourth-order valence-electron chi connectivity index (χ4n) is 4.98. The van der Waals surface area contributed by atoms with Gasteiger partial charge >= 0.3 is 6.03 Å². The van der Waals surface area contributed by atoms with E-state index in [1.807, 2.05) is 29.3 Å². The number of urea groups is 1. The van der Waals surface area contributed by atoms with Crippen molar-refractivity contribution in [2.75, 3.05) is 26.2 Å². The second-order valence-electron chi connectivity index (χ2n) is 8.25. The number of piperidine rings is 1. The van der Waals surface area contributed by atoms with Crippen LogP contribution in [0.25, 0.3) is 0 Å². The highest BCUT2D eigenvalue weighted by atomic mass is 32.1. The minimum atomic E-state index is -0.845. The largest absolute Gasteiger partial charge is 0.376 e. The third kappa shape index (κ3) is 3.80. The van der Waals surface area contributed by atoms with E-state index in [1.54, 1.807) is 0 Å². The summed E-state index contributed by atoms with van der Waals surface area (Å²) in [7, 11) is 0. The lowest BCUT2D eigenvalue weighted by Gasteiger charge is -2.40. The van der Waals surface area contributed by atoms with E-state index >= 15 is 0 Å². The van der Waals surface area contributed by atoms with E-state index in [0.717, 1.165) is 37.0 Å². The lowest BCUT2D eigenvalue weighted by atomic mass is 9.74. The molecule has 0 saturated carbocycles. The zero-order valence-electron chi connectivity index (χ0n) is 16.9. The summed E-state index contributed by atoms with van der Waals surface area (Å²) in [4.78, 5) is 42.8. The van der Waals surface area contributed by atoms with Crippen molar-refractivity contribution in [2.45, 2.75) is 57.1 Å². The van der Waals surface area contributed by atoms with Crippen LogP contribution in [0.15, 0.2) is 17.5 Å². The lowest BCUT2D eigenvalue weighted by molar-refractivity contribution is -0.135. The van der Waals surface area contributed by atoms with Gasteiger partial charge in [-0.1, -0.05) is 19.4 Å². The van der Waals surface area contributed by atoms with Crippen LogP contribution in [0.1, 0.15) is 55.1 Å². The molecule has 3 saturated heterocycles. The molecule has 0 radical (unpaired) electrons. The van der Waals surface area contributed by atoms with Crippen LogP contribution in [-0.2, 0) is 9.53 Å². The quantitative estimate of drug-likeness (QED) is 0.719. The molecule has 0 aliphatic carbocycles. The zero-order valence-corrected chi connectivity index (χ0v) is 17.7. The molecule has 7 nitrogen and oxygen atoms in total. The van der Waals surface area contributed by atoms with Crippen LogP contribution in [0.5, 0.6) is 0 Å². The molecule has 1 aromatic heterocycles. The molecule has 4 amide bonds. The standard InChI is InChI=1S/C21H29N3O4S/c1-2-9-21(19(26)24(20(27)22-21)14-16-5-3-12-28-16)15-7-10-23(11-8-15)18(25)17-6-4-13-29-17/h4,6,13,15-16H,2-3,5,7-12,14H2,1H3,(H,22,27). The van der Waals surface area contributed by atoms with Crippen LogP contribution < -0.4 is 5.32 Å². The van der Waals surface area contributed by atoms with Crippen LogP contribution >= 0.6 is 11.3 Å². The molecular weight excluding hydrogens is 390 g/mol. The zero-order chi connectivity index (χ0) is 20.4. The summed E-state index contributed by atoms with van der Waals surface area (Å²) in [6, 6.07) is 3.44. The molecule has 3 aliphatic rings. The summed E-state index contributed by atoms with van der Waals surface area (Å²) in [6.45, 7) is 4.31. The molecule has 29 heavy (non-hydrogen) atoms. The number of likely N-dealkylation sites (tertiary alicyclic amines) is 1. The third-order valence-corrected chi connectivity index (χ3v) is 7.33. The van der Waals surface area contributed by atoms with Crippen molar-refractivity contribution in [3.63, 3.8) is 0 Å². The third-order valence-electron chi connectivity index (χ3n) is 6.47. The van der Waals surface area contributed by atoms with Gasteiger partial charge in [-0.05, 0) is 49.5 Å². The Balaban J connectivity index is 1.45. The number of hydrogen-bond acceptors (Lipinski definition) is 5. The molecule has 1 aromatic rings. The minimum absolute atomic E-state index is 0.0424. The molecule has 4 heterocycles. The predicted molar refractivity (Wildman–Crippen MR) is 110 cm³/mol. The van der Waals surface area contributed by atoms with E-state index in [9.17, 15) is 14.4 Å². The first-order valence-electron chi connectivity index (χ1n) is 10.6. The maximum Gasteiger partial charge on any atom is 0.325 e. The summed E-state index contributed by atoms with van der Waals surface area (Å²) >= 11 is 1.45. The topological polar surface area (TPSA) is 79.0 Å². The number of carbonyl (C=O) groups excluding carboxylic acids is 3. The van der Waals surface area contributed by atoms with Crippen molar-refractivity contribution >= 4 is 29.2 Å². The smallest absolute Gasteiger partial charge is 0.325 e. The molecule has 3 aliphatic heterocycles. The summed E-state index contributed by atoms with van der Waals surface area (Å²) in [6.07, 6.45) is 4.70. The van der Waals surface area contributed by atoms with Crippen molar-refractivity contribution in [1.82, 2.24) is 15.1 Å². The fourth-order valence-corrected chi connectivity index (χ4v) is 5.67. The molecule has 0 spiro atoms. The molecule has 2 atom stereocenters. The molecule has 1 N–H and O–H groups in total. The average molecular weight is 420 g/mol. The Bertz CT molecular complexity index is 754. The highest BCUT2D eigenvalue weighted by Crippen LogP contribution is 2.37. The number of rotatable bonds is 6. The molecule has 8 heteroatoms. The predicted octanol–water partition coefficient (Wildman–Crippen LogP) is 2.87. The Kier molecular flexibility index (Phi) is 5.92. The summed E-state index contributed by atoms with van der Waals surface area (Å²) in [5.41, 5.74) is -0.845.